The Balaban J connectivity index is -0.000000000500. The van der Waals surface area contributed by atoms with Crippen molar-refractivity contribution < 1.29 is 46.0 Å². The van der Waals surface area contributed by atoms with Crippen molar-refractivity contribution in [2.45, 2.75) is 0 Å². The van der Waals surface area contributed by atoms with E-state index in [9.17, 15) is 0 Å². The quantitative estimate of drug-likeness (QED) is 0.219. The number of rotatable bonds is 0. The smallest absolute Gasteiger partial charge is 1.00 e. The van der Waals surface area contributed by atoms with Gasteiger partial charge in [0.05, 0.1) is 0 Å². The van der Waals surface area contributed by atoms with Crippen LogP contribution in [0, 0.1) is 6.65 Å². The second-order valence-electron chi connectivity index (χ2n) is 0. The molecule has 0 heterocycles. The summed E-state index contributed by atoms with van der Waals surface area (Å²) in [6.45, 7) is 4.50. The van der Waals surface area contributed by atoms with E-state index in [1.807, 2.05) is 0 Å². The molecule has 0 aromatic carbocycles. The molecule has 0 amide bonds. The van der Waals surface area contributed by atoms with Gasteiger partial charge in [0, 0.05) is 0 Å². The summed E-state index contributed by atoms with van der Waals surface area (Å²) in [5.41, 5.74) is 0. The Morgan fingerprint density at radius 1 is 0.714 bits per heavy atom. The van der Waals surface area contributed by atoms with Gasteiger partial charge >= 0.3 is 30.8 Å². The fourth-order valence-electron chi connectivity index (χ4n) is 0. The minimum atomic E-state index is 0. The molecule has 1 radical (unpaired) electrons. The van der Waals surface area contributed by atoms with E-state index in [-0.39, 0.29) is 41.4 Å². The predicted molar refractivity (Wildman–Crippen MR) is 18.4 cm³/mol. The Bertz CT molecular complexity index is 12.8. The minimum absolute atomic E-state index is 0. The molecule has 0 aromatic rings. The van der Waals surface area contributed by atoms with Gasteiger partial charge in [0.25, 0.3) is 0 Å². The first-order valence-corrected chi connectivity index (χ1v) is 0.204. The molecule has 6 heteroatoms. The molecular weight excluding hydrogens is 193 g/mol. The fraction of sp³-hybridized carbons (Fsp3) is 0. The Kier molecular flexibility index (Phi) is 111000. The topological polar surface area (TPSA) is 146 Å². The van der Waals surface area contributed by atoms with Gasteiger partial charge in [-0.15, -0.1) is 0 Å². The standard InChI is InChI=1S/CO.4H2O.Ru/c1-2;;;;;/h;4*1H2;/q;;;;;+1. The van der Waals surface area contributed by atoms with Gasteiger partial charge < -0.3 is 21.9 Å². The first-order valence-electron chi connectivity index (χ1n) is 0.204. The maximum absolute atomic E-state index is 7.50. The average molecular weight is 201 g/mol. The molecule has 0 saturated heterocycles. The van der Waals surface area contributed by atoms with Gasteiger partial charge in [-0.25, -0.2) is 0 Å². The zero-order valence-electron chi connectivity index (χ0n) is 3.26. The molecule has 0 aliphatic carbocycles. The Morgan fingerprint density at radius 3 is 0.714 bits per heavy atom. The van der Waals surface area contributed by atoms with Crippen LogP contribution in [-0.4, -0.2) is 21.9 Å². The molecule has 0 fully saturated rings. The largest absolute Gasteiger partial charge is 1.00 e. The van der Waals surface area contributed by atoms with Crippen LogP contribution < -0.4 is 0 Å². The fourth-order valence-corrected chi connectivity index (χ4v) is 0. The second kappa shape index (κ2) is 4060. The monoisotopic (exact) mass is 202 g/mol. The molecule has 0 saturated carbocycles. The molecule has 0 aliphatic rings. The number of hydrogen-bond donors (Lipinski definition) is 0. The van der Waals surface area contributed by atoms with Gasteiger partial charge in [0.15, 0.2) is 0 Å². The molecule has 49 valence electrons. The molecular formula is CH8O5Ru+. The first-order chi connectivity index (χ1) is 1.00. The van der Waals surface area contributed by atoms with E-state index in [0.29, 0.717) is 0 Å². The average Bonchev–Trinajstić information content (AvgIpc) is 1.00. The maximum Gasteiger partial charge on any atom is 1.00 e. The van der Waals surface area contributed by atoms with Crippen molar-refractivity contribution in [3.63, 3.8) is 0 Å². The molecule has 0 unspecified atom stereocenters. The number of hydrogen-bond acceptors (Lipinski definition) is 0. The van der Waals surface area contributed by atoms with Crippen LogP contribution in [-0.2, 0) is 24.1 Å². The second-order valence-corrected chi connectivity index (χ2v) is 0. The van der Waals surface area contributed by atoms with Crippen molar-refractivity contribution in [1.82, 2.24) is 0 Å². The van der Waals surface area contributed by atoms with Crippen molar-refractivity contribution in [3.05, 3.63) is 6.65 Å². The normalized spacial score (nSPS) is 0.286. The Labute approximate surface area is 53.4 Å². The van der Waals surface area contributed by atoms with Gasteiger partial charge in [0.2, 0.25) is 0 Å². The van der Waals surface area contributed by atoms with Crippen molar-refractivity contribution in [1.29, 1.82) is 0 Å². The minimum Gasteiger partial charge on any atom is 1.00 e. The summed E-state index contributed by atoms with van der Waals surface area (Å²) >= 11 is 0. The van der Waals surface area contributed by atoms with Gasteiger partial charge in [-0.3, -0.25) is 0 Å². The zero-order valence-corrected chi connectivity index (χ0v) is 5.00. The Hall–Kier alpha value is 0.203. The van der Waals surface area contributed by atoms with Crippen LogP contribution in [0.3, 0.4) is 0 Å². The van der Waals surface area contributed by atoms with Crippen LogP contribution in [0.15, 0.2) is 0 Å². The van der Waals surface area contributed by atoms with Crippen molar-refractivity contribution in [2.24, 2.45) is 0 Å². The van der Waals surface area contributed by atoms with E-state index < -0.39 is 0 Å². The molecule has 0 spiro atoms. The third-order valence-corrected chi connectivity index (χ3v) is 0. The van der Waals surface area contributed by atoms with E-state index in [1.165, 1.54) is 0 Å². The van der Waals surface area contributed by atoms with Gasteiger partial charge in [-0.05, 0) is 0 Å². The molecule has 7 heavy (non-hydrogen) atoms. The zero-order chi connectivity index (χ0) is 2.00. The summed E-state index contributed by atoms with van der Waals surface area (Å²) in [5, 5.41) is 0. The van der Waals surface area contributed by atoms with E-state index in [4.69, 9.17) is 4.65 Å². The SMILES string of the molecule is O.O.O.O.[C-]#[O+].[Ru+]. The molecule has 0 aliphatic heterocycles. The molecule has 0 atom stereocenters. The van der Waals surface area contributed by atoms with Crippen molar-refractivity contribution in [3.8, 4) is 0 Å². The van der Waals surface area contributed by atoms with E-state index >= 15 is 0 Å². The van der Waals surface area contributed by atoms with Crippen LogP contribution >= 0.6 is 0 Å². The summed E-state index contributed by atoms with van der Waals surface area (Å²) in [5.74, 6) is 0. The summed E-state index contributed by atoms with van der Waals surface area (Å²) < 4.78 is 7.50. The molecule has 0 rings (SSSR count). The summed E-state index contributed by atoms with van der Waals surface area (Å²) in [7, 11) is 0. The summed E-state index contributed by atoms with van der Waals surface area (Å²) in [4.78, 5) is 0. The van der Waals surface area contributed by atoms with Crippen molar-refractivity contribution >= 4 is 0 Å². The molecule has 8 N–H and O–H groups in total. The third-order valence-electron chi connectivity index (χ3n) is 0. The third kappa shape index (κ3) is 2650. The van der Waals surface area contributed by atoms with Gasteiger partial charge in [0.1, 0.15) is 0 Å². The molecule has 0 bridgehead atoms. The van der Waals surface area contributed by atoms with Gasteiger partial charge in [-0.1, -0.05) is 0 Å². The van der Waals surface area contributed by atoms with Gasteiger partial charge in [-0.2, -0.15) is 0 Å². The van der Waals surface area contributed by atoms with Crippen LogP contribution in [0.4, 0.5) is 0 Å². The molecule has 5 nitrogen and oxygen atoms in total. The van der Waals surface area contributed by atoms with E-state index in [2.05, 4.69) is 6.65 Å². The summed E-state index contributed by atoms with van der Waals surface area (Å²) in [6.07, 6.45) is 0. The van der Waals surface area contributed by atoms with Crippen LogP contribution in [0.2, 0.25) is 0 Å². The summed E-state index contributed by atoms with van der Waals surface area (Å²) in [6, 6.07) is 0. The Morgan fingerprint density at radius 2 is 0.714 bits per heavy atom. The van der Waals surface area contributed by atoms with E-state index in [1.54, 1.807) is 0 Å². The van der Waals surface area contributed by atoms with Crippen LogP contribution in [0.25, 0.3) is 0 Å². The van der Waals surface area contributed by atoms with Crippen LogP contribution in [0.5, 0.6) is 0 Å². The van der Waals surface area contributed by atoms with Crippen LogP contribution in [0.1, 0.15) is 0 Å². The maximum atomic E-state index is 7.50. The first kappa shape index (κ1) is 191. The predicted octanol–water partition coefficient (Wildman–Crippen LogP) is -3.34. The van der Waals surface area contributed by atoms with E-state index in [0.717, 1.165) is 0 Å². The molecule has 0 aromatic heterocycles. The van der Waals surface area contributed by atoms with Crippen molar-refractivity contribution in [2.75, 3.05) is 0 Å².